The molecule has 0 amide bonds. The highest BCUT2D eigenvalue weighted by Crippen LogP contribution is 2.48. The van der Waals surface area contributed by atoms with Gasteiger partial charge in [0.2, 0.25) is 5.91 Å². The van der Waals surface area contributed by atoms with Gasteiger partial charge in [-0.15, -0.1) is 0 Å². The molecule has 3 nitrogen and oxygen atoms in total. The van der Waals surface area contributed by atoms with Gasteiger partial charge < -0.3 is 0 Å². The molecule has 2 bridgehead atoms. The minimum atomic E-state index is -1.41. The first-order chi connectivity index (χ1) is 13.5. The molecule has 1 heterocycles. The number of hydrogen-bond donors (Lipinski definition) is 0. The molecular weight excluding hydrogens is 366 g/mol. The molecule has 0 N–H and O–H groups in total. The molecule has 2 aliphatic carbocycles. The van der Waals surface area contributed by atoms with Gasteiger partial charge in [-0.25, -0.2) is 4.21 Å². The topological polar surface area (TPSA) is 39.1 Å². The minimum absolute atomic E-state index is 0.0421. The number of para-hydroxylation sites is 1. The number of rotatable bonds is 3. The Morgan fingerprint density at radius 2 is 1.75 bits per heavy atom. The maximum Gasteiger partial charge on any atom is 0.236 e. The molecule has 0 saturated heterocycles. The van der Waals surface area contributed by atoms with Gasteiger partial charge in [-0.1, -0.05) is 55.0 Å². The van der Waals surface area contributed by atoms with Crippen molar-refractivity contribution in [2.24, 2.45) is 23.7 Å². The third kappa shape index (κ3) is 2.62. The van der Waals surface area contributed by atoms with E-state index < -0.39 is 10.8 Å². The molecule has 1 aromatic heterocycles. The number of aromatic nitrogens is 1. The molecule has 5 atom stereocenters. The Bertz CT molecular complexity index is 1130. The number of nitrogens with zero attached hydrogens (tertiary/aromatic N) is 1. The average molecular weight is 390 g/mol. The zero-order valence-electron chi connectivity index (χ0n) is 16.0. The fourth-order valence-corrected chi connectivity index (χ4v) is 6.12. The van der Waals surface area contributed by atoms with E-state index in [2.05, 4.69) is 19.1 Å². The van der Waals surface area contributed by atoms with Gasteiger partial charge in [0.1, 0.15) is 15.8 Å². The average Bonchev–Trinajstić information content (AvgIpc) is 3.40. The van der Waals surface area contributed by atoms with Crippen molar-refractivity contribution in [3.63, 3.8) is 0 Å². The van der Waals surface area contributed by atoms with Crippen molar-refractivity contribution >= 4 is 27.6 Å². The second-order valence-corrected chi connectivity index (χ2v) is 9.56. The van der Waals surface area contributed by atoms with E-state index in [9.17, 15) is 9.00 Å². The molecule has 2 aromatic carbocycles. The van der Waals surface area contributed by atoms with Crippen molar-refractivity contribution in [1.29, 1.82) is 0 Å². The Hall–Kier alpha value is -2.46. The van der Waals surface area contributed by atoms with Crippen molar-refractivity contribution in [3.8, 4) is 0 Å². The predicted molar refractivity (Wildman–Crippen MR) is 112 cm³/mol. The van der Waals surface area contributed by atoms with Crippen molar-refractivity contribution in [2.45, 2.75) is 30.2 Å². The van der Waals surface area contributed by atoms with Crippen LogP contribution in [0, 0.1) is 30.6 Å². The van der Waals surface area contributed by atoms with Gasteiger partial charge in [-0.2, -0.15) is 0 Å². The van der Waals surface area contributed by atoms with Crippen molar-refractivity contribution in [2.75, 3.05) is 0 Å². The summed E-state index contributed by atoms with van der Waals surface area (Å²) < 4.78 is 15.2. The number of benzene rings is 2. The van der Waals surface area contributed by atoms with Crippen molar-refractivity contribution in [1.82, 2.24) is 4.57 Å². The first-order valence-corrected chi connectivity index (χ1v) is 11.0. The summed E-state index contributed by atoms with van der Waals surface area (Å²) in [6.45, 7) is 4.19. The Morgan fingerprint density at radius 3 is 2.46 bits per heavy atom. The van der Waals surface area contributed by atoms with Crippen LogP contribution in [0.3, 0.4) is 0 Å². The monoisotopic (exact) mass is 389 g/mol. The molecule has 0 aliphatic heterocycles. The lowest BCUT2D eigenvalue weighted by Crippen LogP contribution is -2.31. The van der Waals surface area contributed by atoms with Crippen LogP contribution in [0.25, 0.3) is 10.9 Å². The molecule has 2 aliphatic rings. The largest absolute Gasteiger partial charge is 0.274 e. The molecule has 4 heteroatoms. The lowest BCUT2D eigenvalue weighted by atomic mass is 9.84. The third-order valence-corrected chi connectivity index (χ3v) is 7.84. The quantitative estimate of drug-likeness (QED) is 0.577. The van der Waals surface area contributed by atoms with Crippen LogP contribution in [-0.4, -0.2) is 14.7 Å². The second-order valence-electron chi connectivity index (χ2n) is 8.13. The van der Waals surface area contributed by atoms with Gasteiger partial charge in [0.15, 0.2) is 0 Å². The zero-order chi connectivity index (χ0) is 19.4. The number of hydrogen-bond acceptors (Lipinski definition) is 2. The van der Waals surface area contributed by atoms with Crippen molar-refractivity contribution < 1.29 is 9.00 Å². The van der Waals surface area contributed by atoms with Crippen LogP contribution in [0.15, 0.2) is 76.7 Å². The summed E-state index contributed by atoms with van der Waals surface area (Å²) >= 11 is 0. The maximum atomic E-state index is 13.7. The second kappa shape index (κ2) is 6.56. The molecule has 5 rings (SSSR count). The van der Waals surface area contributed by atoms with E-state index in [-0.39, 0.29) is 11.8 Å². The molecule has 142 valence electrons. The standard InChI is InChI=1S/C24H23NO2S/c1-15-7-11-20(12-8-15)28(27)22-14-18-5-3-4-6-21(18)25(22)24(26)23-16(2)17-9-10-19(23)13-17/h3-12,14,16-17,19,23H,13H2,1-2H3/t16-,17+,19-,23+,28?/m1/s1. The molecule has 28 heavy (non-hydrogen) atoms. The molecular formula is C24H23NO2S. The minimum Gasteiger partial charge on any atom is -0.274 e. The Balaban J connectivity index is 1.64. The summed E-state index contributed by atoms with van der Waals surface area (Å²) in [5, 5.41) is 1.53. The van der Waals surface area contributed by atoms with E-state index in [1.165, 1.54) is 0 Å². The van der Waals surface area contributed by atoms with Crippen LogP contribution in [0.4, 0.5) is 0 Å². The SMILES string of the molecule is Cc1ccc(S(=O)c2cc3ccccc3n2C(=O)[C@H]2[C@H](C)[C@H]3C=C[C@@H]2C3)cc1. The predicted octanol–water partition coefficient (Wildman–Crippen LogP) is 5.21. The first kappa shape index (κ1) is 17.6. The lowest BCUT2D eigenvalue weighted by molar-refractivity contribution is 0.0772. The molecule has 1 saturated carbocycles. The van der Waals surface area contributed by atoms with Crippen LogP contribution in [0.1, 0.15) is 23.7 Å². The molecule has 1 fully saturated rings. The van der Waals surface area contributed by atoms with Crippen LogP contribution in [0.5, 0.6) is 0 Å². The number of carbonyl (C=O) groups excluding carboxylic acids is 1. The van der Waals surface area contributed by atoms with E-state index in [4.69, 9.17) is 0 Å². The highest BCUT2D eigenvalue weighted by molar-refractivity contribution is 7.85. The zero-order valence-corrected chi connectivity index (χ0v) is 16.9. The van der Waals surface area contributed by atoms with Gasteiger partial charge in [0, 0.05) is 16.2 Å². The number of fused-ring (bicyclic) bond motifs is 3. The highest BCUT2D eigenvalue weighted by Gasteiger charge is 2.46. The lowest BCUT2D eigenvalue weighted by Gasteiger charge is -2.25. The summed E-state index contributed by atoms with van der Waals surface area (Å²) in [7, 11) is -1.41. The van der Waals surface area contributed by atoms with E-state index in [0.717, 1.165) is 27.8 Å². The summed E-state index contributed by atoms with van der Waals surface area (Å²) in [4.78, 5) is 14.5. The Kier molecular flexibility index (Phi) is 4.13. The summed E-state index contributed by atoms with van der Waals surface area (Å²) in [6.07, 6.45) is 5.53. The van der Waals surface area contributed by atoms with Gasteiger partial charge in [0.25, 0.3) is 0 Å². The molecule has 0 spiro atoms. The van der Waals surface area contributed by atoms with Crippen LogP contribution < -0.4 is 0 Å². The Morgan fingerprint density at radius 1 is 1.04 bits per heavy atom. The van der Waals surface area contributed by atoms with Crippen LogP contribution >= 0.6 is 0 Å². The van der Waals surface area contributed by atoms with Gasteiger partial charge in [-0.05, 0) is 55.4 Å². The van der Waals surface area contributed by atoms with Gasteiger partial charge in [0.05, 0.1) is 5.52 Å². The maximum absolute atomic E-state index is 13.7. The molecule has 0 radical (unpaired) electrons. The number of carbonyl (C=O) groups is 1. The Labute approximate surface area is 167 Å². The van der Waals surface area contributed by atoms with E-state index in [0.29, 0.717) is 22.8 Å². The van der Waals surface area contributed by atoms with Crippen molar-refractivity contribution in [3.05, 3.63) is 72.3 Å². The highest BCUT2D eigenvalue weighted by atomic mass is 32.2. The molecule has 1 unspecified atom stereocenters. The fraction of sp³-hybridized carbons (Fsp3) is 0.292. The summed E-state index contributed by atoms with van der Waals surface area (Å²) in [6, 6.07) is 17.5. The number of allylic oxidation sites excluding steroid dienone is 2. The van der Waals surface area contributed by atoms with E-state index >= 15 is 0 Å². The van der Waals surface area contributed by atoms with Crippen LogP contribution in [-0.2, 0) is 10.8 Å². The third-order valence-electron chi connectivity index (χ3n) is 6.46. The fourth-order valence-electron chi connectivity index (χ4n) is 4.90. The first-order valence-electron chi connectivity index (χ1n) is 9.86. The van der Waals surface area contributed by atoms with E-state index in [1.54, 1.807) is 4.57 Å². The normalized spacial score (nSPS) is 26.8. The van der Waals surface area contributed by atoms with Gasteiger partial charge in [-0.3, -0.25) is 9.36 Å². The van der Waals surface area contributed by atoms with E-state index in [1.807, 2.05) is 61.5 Å². The smallest absolute Gasteiger partial charge is 0.236 e. The summed E-state index contributed by atoms with van der Waals surface area (Å²) in [5.41, 5.74) is 1.97. The molecule has 3 aromatic rings. The van der Waals surface area contributed by atoms with Gasteiger partial charge >= 0.3 is 0 Å². The van der Waals surface area contributed by atoms with Crippen LogP contribution in [0.2, 0.25) is 0 Å². The summed E-state index contributed by atoms with van der Waals surface area (Å²) in [5.74, 6) is 1.16. The number of aryl methyl sites for hydroxylation is 1.